The smallest absolute Gasteiger partial charge is 0.224 e. The van der Waals surface area contributed by atoms with Crippen molar-refractivity contribution in [1.82, 2.24) is 9.88 Å². The lowest BCUT2D eigenvalue weighted by molar-refractivity contribution is -0.132. The molecule has 21 heavy (non-hydrogen) atoms. The molecule has 0 bridgehead atoms. The van der Waals surface area contributed by atoms with Gasteiger partial charge in [-0.05, 0) is 26.2 Å². The van der Waals surface area contributed by atoms with E-state index < -0.39 is 0 Å². The van der Waals surface area contributed by atoms with Crippen molar-refractivity contribution in [2.45, 2.75) is 51.5 Å². The first-order valence-corrected chi connectivity index (χ1v) is 7.95. The van der Waals surface area contributed by atoms with Gasteiger partial charge in [-0.2, -0.15) is 0 Å². The van der Waals surface area contributed by atoms with Crippen LogP contribution in [0.4, 0.5) is 0 Å². The molecule has 2 rings (SSSR count). The van der Waals surface area contributed by atoms with E-state index in [1.54, 1.807) is 11.3 Å². The minimum atomic E-state index is -0.0561. The molecule has 0 aromatic carbocycles. The third kappa shape index (κ3) is 5.74. The lowest BCUT2D eigenvalue weighted by atomic mass is 9.98. The highest BCUT2D eigenvalue weighted by Gasteiger charge is 2.26. The van der Waals surface area contributed by atoms with Crippen molar-refractivity contribution in [2.24, 2.45) is 5.73 Å². The fourth-order valence-corrected chi connectivity index (χ4v) is 3.51. The number of likely N-dealkylation sites (tertiary alicyclic amines) is 1. The summed E-state index contributed by atoms with van der Waals surface area (Å²) >= 11 is 1.73. The molecule has 1 aromatic rings. The van der Waals surface area contributed by atoms with E-state index in [9.17, 15) is 4.79 Å². The first kappa shape index (κ1) is 20.6. The van der Waals surface area contributed by atoms with Gasteiger partial charge in [0.1, 0.15) is 0 Å². The van der Waals surface area contributed by atoms with E-state index in [1.807, 2.05) is 11.8 Å². The number of thiazole rings is 1. The molecular formula is C14H25Cl2N3OS. The number of aromatic nitrogens is 1. The summed E-state index contributed by atoms with van der Waals surface area (Å²) in [4.78, 5) is 18.7. The van der Waals surface area contributed by atoms with Gasteiger partial charge in [-0.15, -0.1) is 36.2 Å². The number of hydrogen-bond acceptors (Lipinski definition) is 4. The van der Waals surface area contributed by atoms with E-state index in [0.717, 1.165) is 32.4 Å². The van der Waals surface area contributed by atoms with Gasteiger partial charge in [0.25, 0.3) is 0 Å². The van der Waals surface area contributed by atoms with Crippen LogP contribution in [0.15, 0.2) is 5.38 Å². The van der Waals surface area contributed by atoms with Crippen LogP contribution in [0.1, 0.15) is 49.7 Å². The van der Waals surface area contributed by atoms with E-state index in [4.69, 9.17) is 5.73 Å². The van der Waals surface area contributed by atoms with E-state index in [1.165, 1.54) is 10.7 Å². The Kier molecular flexibility index (Phi) is 9.45. The summed E-state index contributed by atoms with van der Waals surface area (Å²) in [5.41, 5.74) is 6.88. The van der Waals surface area contributed by atoms with Crippen LogP contribution in [0, 0.1) is 0 Å². The zero-order valence-corrected chi connectivity index (χ0v) is 15.0. The van der Waals surface area contributed by atoms with Gasteiger partial charge in [-0.1, -0.05) is 6.92 Å². The number of hydrogen-bond donors (Lipinski definition) is 1. The van der Waals surface area contributed by atoms with Crippen molar-refractivity contribution >= 4 is 42.1 Å². The third-order valence-electron chi connectivity index (χ3n) is 3.55. The average Bonchev–Trinajstić information content (AvgIpc) is 2.87. The monoisotopic (exact) mass is 353 g/mol. The highest BCUT2D eigenvalue weighted by Crippen LogP contribution is 2.29. The minimum absolute atomic E-state index is 0. The molecule has 1 aliphatic rings. The number of amides is 1. The molecular weight excluding hydrogens is 329 g/mol. The zero-order chi connectivity index (χ0) is 13.8. The first-order valence-electron chi connectivity index (χ1n) is 7.07. The van der Waals surface area contributed by atoms with Crippen LogP contribution in [0.3, 0.4) is 0 Å². The third-order valence-corrected chi connectivity index (χ3v) is 4.61. The number of piperidine rings is 1. The SMILES string of the molecule is CCc1csc(C2CCCN(C(=O)CC(C)N)C2)n1.Cl.Cl. The molecule has 1 amide bonds. The highest BCUT2D eigenvalue weighted by molar-refractivity contribution is 7.09. The predicted octanol–water partition coefficient (Wildman–Crippen LogP) is 2.99. The molecule has 0 saturated carbocycles. The number of nitrogens with two attached hydrogens (primary N) is 1. The summed E-state index contributed by atoms with van der Waals surface area (Å²) in [5, 5.41) is 3.33. The molecule has 0 spiro atoms. The van der Waals surface area contributed by atoms with Crippen LogP contribution >= 0.6 is 36.2 Å². The highest BCUT2D eigenvalue weighted by atomic mass is 35.5. The molecule has 1 saturated heterocycles. The van der Waals surface area contributed by atoms with Gasteiger partial charge in [0.15, 0.2) is 0 Å². The van der Waals surface area contributed by atoms with Crippen molar-refractivity contribution in [1.29, 1.82) is 0 Å². The van der Waals surface area contributed by atoms with Gasteiger partial charge in [0.05, 0.1) is 10.7 Å². The summed E-state index contributed by atoms with van der Waals surface area (Å²) < 4.78 is 0. The zero-order valence-electron chi connectivity index (χ0n) is 12.6. The first-order chi connectivity index (χ1) is 9.10. The summed E-state index contributed by atoms with van der Waals surface area (Å²) in [6.45, 7) is 5.68. The van der Waals surface area contributed by atoms with Gasteiger partial charge >= 0.3 is 0 Å². The Bertz CT molecular complexity index is 440. The fraction of sp³-hybridized carbons (Fsp3) is 0.714. The van der Waals surface area contributed by atoms with Gasteiger partial charge in [0, 0.05) is 36.9 Å². The fourth-order valence-electron chi connectivity index (χ4n) is 2.48. The Balaban J connectivity index is 0.00000200. The van der Waals surface area contributed by atoms with Crippen molar-refractivity contribution in [3.63, 3.8) is 0 Å². The van der Waals surface area contributed by atoms with Crippen LogP contribution < -0.4 is 5.73 Å². The summed E-state index contributed by atoms with van der Waals surface area (Å²) in [5.74, 6) is 0.600. The average molecular weight is 354 g/mol. The molecule has 0 radical (unpaired) electrons. The van der Waals surface area contributed by atoms with E-state index in [2.05, 4.69) is 17.3 Å². The summed E-state index contributed by atoms with van der Waals surface area (Å²) in [6, 6.07) is -0.0561. The van der Waals surface area contributed by atoms with E-state index >= 15 is 0 Å². The maximum Gasteiger partial charge on any atom is 0.224 e. The van der Waals surface area contributed by atoms with Crippen molar-refractivity contribution in [3.05, 3.63) is 16.1 Å². The Labute approximate surface area is 143 Å². The topological polar surface area (TPSA) is 59.2 Å². The maximum atomic E-state index is 12.1. The quantitative estimate of drug-likeness (QED) is 0.904. The molecule has 7 heteroatoms. The van der Waals surface area contributed by atoms with E-state index in [-0.39, 0.29) is 36.8 Å². The van der Waals surface area contributed by atoms with Crippen LogP contribution in [-0.4, -0.2) is 34.9 Å². The predicted molar refractivity (Wildman–Crippen MR) is 92.8 cm³/mol. The lowest BCUT2D eigenvalue weighted by Gasteiger charge is -2.32. The largest absolute Gasteiger partial charge is 0.342 e. The Hall–Kier alpha value is -0.360. The van der Waals surface area contributed by atoms with Gasteiger partial charge in [0.2, 0.25) is 5.91 Å². The second-order valence-electron chi connectivity index (χ2n) is 5.39. The molecule has 2 unspecified atom stereocenters. The molecule has 2 N–H and O–H groups in total. The number of rotatable bonds is 4. The second kappa shape index (κ2) is 9.62. The Morgan fingerprint density at radius 3 is 2.86 bits per heavy atom. The van der Waals surface area contributed by atoms with Crippen molar-refractivity contribution in [3.8, 4) is 0 Å². The summed E-state index contributed by atoms with van der Waals surface area (Å²) in [7, 11) is 0. The molecule has 1 aromatic heterocycles. The van der Waals surface area contributed by atoms with Crippen molar-refractivity contribution in [2.75, 3.05) is 13.1 Å². The Morgan fingerprint density at radius 2 is 2.29 bits per heavy atom. The number of carbonyl (C=O) groups is 1. The molecule has 0 aliphatic carbocycles. The number of aryl methyl sites for hydroxylation is 1. The number of halogens is 2. The van der Waals surface area contributed by atoms with Gasteiger partial charge in [-0.3, -0.25) is 4.79 Å². The van der Waals surface area contributed by atoms with Gasteiger partial charge < -0.3 is 10.6 Å². The van der Waals surface area contributed by atoms with Crippen LogP contribution in [0.5, 0.6) is 0 Å². The lowest BCUT2D eigenvalue weighted by Crippen LogP contribution is -2.41. The molecule has 1 fully saturated rings. The normalized spacial score (nSPS) is 19.4. The molecule has 1 aliphatic heterocycles. The van der Waals surface area contributed by atoms with Crippen LogP contribution in [0.25, 0.3) is 0 Å². The maximum absolute atomic E-state index is 12.1. The van der Waals surface area contributed by atoms with Gasteiger partial charge in [-0.25, -0.2) is 4.98 Å². The molecule has 2 heterocycles. The molecule has 2 atom stereocenters. The van der Waals surface area contributed by atoms with Crippen LogP contribution in [-0.2, 0) is 11.2 Å². The number of carbonyl (C=O) groups excluding carboxylic acids is 1. The Morgan fingerprint density at radius 1 is 1.57 bits per heavy atom. The minimum Gasteiger partial charge on any atom is -0.342 e. The standard InChI is InChI=1S/C14H23N3OS.2ClH/c1-3-12-9-19-14(16-12)11-5-4-6-17(8-11)13(18)7-10(2)15;;/h9-11H,3-8,15H2,1-2H3;2*1H. The van der Waals surface area contributed by atoms with Crippen LogP contribution in [0.2, 0.25) is 0 Å². The molecule has 122 valence electrons. The summed E-state index contributed by atoms with van der Waals surface area (Å²) in [6.07, 6.45) is 3.64. The van der Waals surface area contributed by atoms with Crippen molar-refractivity contribution < 1.29 is 4.79 Å². The molecule has 4 nitrogen and oxygen atoms in total. The van der Waals surface area contributed by atoms with E-state index in [0.29, 0.717) is 12.3 Å². The second-order valence-corrected chi connectivity index (χ2v) is 6.28. The number of nitrogens with zero attached hydrogens (tertiary/aromatic N) is 2.